The summed E-state index contributed by atoms with van der Waals surface area (Å²) in [5.41, 5.74) is 0.465. The van der Waals surface area contributed by atoms with Crippen molar-refractivity contribution in [2.45, 2.75) is 32.4 Å². The van der Waals surface area contributed by atoms with Crippen molar-refractivity contribution in [3.63, 3.8) is 0 Å². The van der Waals surface area contributed by atoms with Gasteiger partial charge in [-0.25, -0.2) is 0 Å². The Morgan fingerprint density at radius 2 is 1.88 bits per heavy atom. The van der Waals surface area contributed by atoms with Crippen molar-refractivity contribution in [3.05, 3.63) is 65.2 Å². The van der Waals surface area contributed by atoms with E-state index >= 15 is 0 Å². The number of nitriles is 1. The largest absolute Gasteiger partial charge is 0.417 e. The van der Waals surface area contributed by atoms with Crippen LogP contribution in [0.5, 0.6) is 0 Å². The van der Waals surface area contributed by atoms with Gasteiger partial charge in [-0.05, 0) is 47.6 Å². The lowest BCUT2D eigenvalue weighted by molar-refractivity contribution is -0.137. The molecule has 2 aromatic carbocycles. The standard InChI is InChI=1S/C21H20F3N2/c1-20(2)14-26(11-10-18(20)15-6-4-3-5-7-15)17-9-8-16(13-25)19(12-17)21(22,23)24/h4-9,12,18H,10-11,14H2,1-2H3. The first kappa shape index (κ1) is 18.3. The van der Waals surface area contributed by atoms with Gasteiger partial charge in [0, 0.05) is 18.8 Å². The van der Waals surface area contributed by atoms with Crippen LogP contribution in [-0.4, -0.2) is 13.1 Å². The monoisotopic (exact) mass is 357 g/mol. The molecular formula is C21H20F3N2. The number of rotatable bonds is 2. The molecule has 0 bridgehead atoms. The van der Waals surface area contributed by atoms with Crippen molar-refractivity contribution in [1.29, 1.82) is 5.26 Å². The molecule has 5 heteroatoms. The highest BCUT2D eigenvalue weighted by molar-refractivity contribution is 5.55. The second-order valence-corrected chi connectivity index (χ2v) is 7.42. The number of hydrogen-bond acceptors (Lipinski definition) is 2. The molecule has 0 saturated carbocycles. The number of nitrogens with zero attached hydrogens (tertiary/aromatic N) is 2. The lowest BCUT2D eigenvalue weighted by Gasteiger charge is -2.45. The van der Waals surface area contributed by atoms with Crippen LogP contribution in [0.25, 0.3) is 0 Å². The SMILES string of the molecule is CC1(C)CN(c2ccc(C#N)c(C(F)(F)F)c2)CCC1c1cc[c]cc1. The smallest absolute Gasteiger partial charge is 0.371 e. The van der Waals surface area contributed by atoms with Gasteiger partial charge < -0.3 is 4.90 Å². The molecule has 0 aliphatic carbocycles. The molecule has 0 spiro atoms. The van der Waals surface area contributed by atoms with E-state index in [2.05, 4.69) is 32.0 Å². The Kier molecular flexibility index (Phi) is 4.70. The highest BCUT2D eigenvalue weighted by atomic mass is 19.4. The maximum atomic E-state index is 13.2. The van der Waals surface area contributed by atoms with E-state index < -0.39 is 11.7 Å². The molecule has 135 valence electrons. The fourth-order valence-corrected chi connectivity index (χ4v) is 3.89. The van der Waals surface area contributed by atoms with Gasteiger partial charge in [-0.2, -0.15) is 18.4 Å². The molecule has 0 aromatic heterocycles. The van der Waals surface area contributed by atoms with E-state index in [1.54, 1.807) is 12.1 Å². The maximum absolute atomic E-state index is 13.2. The minimum absolute atomic E-state index is 0.0914. The summed E-state index contributed by atoms with van der Waals surface area (Å²) in [5, 5.41) is 8.96. The summed E-state index contributed by atoms with van der Waals surface area (Å²) in [5.74, 6) is 0.341. The van der Waals surface area contributed by atoms with Gasteiger partial charge in [0.1, 0.15) is 0 Å². The Morgan fingerprint density at radius 1 is 1.19 bits per heavy atom. The minimum Gasteiger partial charge on any atom is -0.371 e. The Hall–Kier alpha value is -2.48. The maximum Gasteiger partial charge on any atom is 0.417 e. The normalized spacial score (nSPS) is 19.8. The zero-order chi connectivity index (χ0) is 18.9. The van der Waals surface area contributed by atoms with Crippen molar-refractivity contribution in [3.8, 4) is 6.07 Å². The van der Waals surface area contributed by atoms with Gasteiger partial charge in [-0.1, -0.05) is 38.1 Å². The second kappa shape index (κ2) is 6.68. The van der Waals surface area contributed by atoms with Crippen molar-refractivity contribution >= 4 is 5.69 Å². The van der Waals surface area contributed by atoms with Crippen LogP contribution in [-0.2, 0) is 6.18 Å². The lowest BCUT2D eigenvalue weighted by atomic mass is 9.70. The molecule has 0 N–H and O–H groups in total. The van der Waals surface area contributed by atoms with Gasteiger partial charge in [0.05, 0.1) is 17.2 Å². The Labute approximate surface area is 151 Å². The van der Waals surface area contributed by atoms with E-state index in [1.807, 2.05) is 17.0 Å². The Balaban J connectivity index is 1.88. The average molecular weight is 357 g/mol. The fourth-order valence-electron chi connectivity index (χ4n) is 3.89. The van der Waals surface area contributed by atoms with E-state index in [0.717, 1.165) is 12.5 Å². The summed E-state index contributed by atoms with van der Waals surface area (Å²) >= 11 is 0. The third kappa shape index (κ3) is 3.55. The number of halogens is 3. The molecule has 1 fully saturated rings. The number of piperidine rings is 1. The predicted octanol–water partition coefficient (Wildman–Crippen LogP) is 5.40. The number of anilines is 1. The molecule has 26 heavy (non-hydrogen) atoms. The Bertz CT molecular complexity index is 819. The highest BCUT2D eigenvalue weighted by Crippen LogP contribution is 2.44. The van der Waals surface area contributed by atoms with E-state index in [4.69, 9.17) is 5.26 Å². The molecule has 1 aliphatic heterocycles. The van der Waals surface area contributed by atoms with Gasteiger partial charge in [-0.3, -0.25) is 0 Å². The summed E-state index contributed by atoms with van der Waals surface area (Å²) in [6.45, 7) is 5.62. The first-order valence-corrected chi connectivity index (χ1v) is 8.55. The number of hydrogen-bond donors (Lipinski definition) is 0. The molecular weight excluding hydrogens is 337 g/mol. The van der Waals surface area contributed by atoms with Crippen LogP contribution in [0.1, 0.15) is 42.9 Å². The topological polar surface area (TPSA) is 27.0 Å². The van der Waals surface area contributed by atoms with Gasteiger partial charge in [0.15, 0.2) is 0 Å². The molecule has 2 nitrogen and oxygen atoms in total. The molecule has 1 saturated heterocycles. The third-order valence-corrected chi connectivity index (χ3v) is 5.17. The van der Waals surface area contributed by atoms with Crippen LogP contribution < -0.4 is 4.90 Å². The van der Waals surface area contributed by atoms with E-state index in [0.29, 0.717) is 24.7 Å². The quantitative estimate of drug-likeness (QED) is 0.720. The van der Waals surface area contributed by atoms with Crippen LogP contribution in [0.2, 0.25) is 0 Å². The average Bonchev–Trinajstić information content (AvgIpc) is 2.60. The van der Waals surface area contributed by atoms with Gasteiger partial charge in [-0.15, -0.1) is 0 Å². The first-order valence-electron chi connectivity index (χ1n) is 8.55. The molecule has 0 amide bonds. The first-order chi connectivity index (χ1) is 12.2. The predicted molar refractivity (Wildman–Crippen MR) is 94.8 cm³/mol. The van der Waals surface area contributed by atoms with Crippen LogP contribution in [0, 0.1) is 22.8 Å². The van der Waals surface area contributed by atoms with Crippen LogP contribution >= 0.6 is 0 Å². The molecule has 1 heterocycles. The summed E-state index contributed by atoms with van der Waals surface area (Å²) in [7, 11) is 0. The van der Waals surface area contributed by atoms with Crippen molar-refractivity contribution in [1.82, 2.24) is 0 Å². The van der Waals surface area contributed by atoms with E-state index in [-0.39, 0.29) is 11.0 Å². The summed E-state index contributed by atoms with van der Waals surface area (Å²) in [4.78, 5) is 1.99. The highest BCUT2D eigenvalue weighted by Gasteiger charge is 2.38. The third-order valence-electron chi connectivity index (χ3n) is 5.17. The number of benzene rings is 2. The molecule has 1 radical (unpaired) electrons. The van der Waals surface area contributed by atoms with Crippen molar-refractivity contribution in [2.24, 2.45) is 5.41 Å². The van der Waals surface area contributed by atoms with Crippen LogP contribution in [0.4, 0.5) is 18.9 Å². The number of alkyl halides is 3. The van der Waals surface area contributed by atoms with Gasteiger partial charge in [0.2, 0.25) is 0 Å². The van der Waals surface area contributed by atoms with E-state index in [9.17, 15) is 13.2 Å². The van der Waals surface area contributed by atoms with Gasteiger partial charge >= 0.3 is 6.18 Å². The fraction of sp³-hybridized carbons (Fsp3) is 0.381. The van der Waals surface area contributed by atoms with Crippen LogP contribution in [0.3, 0.4) is 0 Å². The van der Waals surface area contributed by atoms with Crippen LogP contribution in [0.15, 0.2) is 42.5 Å². The summed E-state index contributed by atoms with van der Waals surface area (Å²) in [6, 6.07) is 16.6. The Morgan fingerprint density at radius 3 is 2.46 bits per heavy atom. The zero-order valence-electron chi connectivity index (χ0n) is 14.8. The minimum atomic E-state index is -4.53. The molecule has 1 atom stereocenters. The summed E-state index contributed by atoms with van der Waals surface area (Å²) in [6.07, 6.45) is -3.67. The van der Waals surface area contributed by atoms with Gasteiger partial charge in [0.25, 0.3) is 0 Å². The molecule has 3 rings (SSSR count). The second-order valence-electron chi connectivity index (χ2n) is 7.42. The molecule has 1 unspecified atom stereocenters. The van der Waals surface area contributed by atoms with Crippen molar-refractivity contribution < 1.29 is 13.2 Å². The lowest BCUT2D eigenvalue weighted by Crippen LogP contribution is -2.44. The molecule has 2 aromatic rings. The zero-order valence-corrected chi connectivity index (χ0v) is 14.8. The summed E-state index contributed by atoms with van der Waals surface area (Å²) < 4.78 is 39.7. The van der Waals surface area contributed by atoms with Crippen molar-refractivity contribution in [2.75, 3.05) is 18.0 Å². The van der Waals surface area contributed by atoms with E-state index in [1.165, 1.54) is 11.6 Å². The molecule has 1 aliphatic rings.